The van der Waals surface area contributed by atoms with Crippen molar-refractivity contribution in [1.29, 1.82) is 0 Å². The number of nitrogens with zero attached hydrogens (tertiary/aromatic N) is 2. The molecule has 1 saturated heterocycles. The maximum atomic E-state index is 12.2. The lowest BCUT2D eigenvalue weighted by atomic mass is 10.1. The van der Waals surface area contributed by atoms with Crippen LogP contribution < -0.4 is 10.2 Å². The fourth-order valence-corrected chi connectivity index (χ4v) is 2.58. The standard InChI is InChI=1S/C17H27N3O2/c1-17(2)13-20(11-12-22-17)16(21)18-10-9-14-5-7-15(8-6-14)19(3)4/h5-8H,9-13H2,1-4H3,(H,18,21). The molecule has 22 heavy (non-hydrogen) atoms. The Kier molecular flexibility index (Phi) is 5.29. The van der Waals surface area contributed by atoms with Crippen LogP contribution in [-0.4, -0.2) is 56.9 Å². The van der Waals surface area contributed by atoms with Gasteiger partial charge in [0.05, 0.1) is 18.8 Å². The van der Waals surface area contributed by atoms with Gasteiger partial charge in [0.25, 0.3) is 0 Å². The van der Waals surface area contributed by atoms with Crippen molar-refractivity contribution in [2.45, 2.75) is 25.9 Å². The molecule has 0 bridgehead atoms. The summed E-state index contributed by atoms with van der Waals surface area (Å²) in [7, 11) is 4.05. The molecule has 5 nitrogen and oxygen atoms in total. The summed E-state index contributed by atoms with van der Waals surface area (Å²) in [5.41, 5.74) is 2.16. The highest BCUT2D eigenvalue weighted by atomic mass is 16.5. The molecule has 0 aromatic heterocycles. The molecule has 1 heterocycles. The largest absolute Gasteiger partial charge is 0.378 e. The summed E-state index contributed by atoms with van der Waals surface area (Å²) in [6.07, 6.45) is 0.840. The Balaban J connectivity index is 1.77. The number of anilines is 1. The fourth-order valence-electron chi connectivity index (χ4n) is 2.58. The second kappa shape index (κ2) is 7.01. The molecular weight excluding hydrogens is 278 g/mol. The Morgan fingerprint density at radius 3 is 2.59 bits per heavy atom. The minimum Gasteiger partial charge on any atom is -0.378 e. The summed E-state index contributed by atoms with van der Waals surface area (Å²) in [6.45, 7) is 6.57. The third-order valence-electron chi connectivity index (χ3n) is 3.86. The molecule has 0 unspecified atom stereocenters. The van der Waals surface area contributed by atoms with Gasteiger partial charge in [0.1, 0.15) is 0 Å². The van der Waals surface area contributed by atoms with E-state index in [1.54, 1.807) is 0 Å². The number of carbonyl (C=O) groups excluding carboxylic acids is 1. The van der Waals surface area contributed by atoms with Crippen LogP contribution in [0.2, 0.25) is 0 Å². The molecule has 1 aromatic carbocycles. The molecule has 0 aliphatic carbocycles. The number of hydrogen-bond donors (Lipinski definition) is 1. The monoisotopic (exact) mass is 305 g/mol. The number of benzene rings is 1. The van der Waals surface area contributed by atoms with E-state index in [1.807, 2.05) is 32.8 Å². The lowest BCUT2D eigenvalue weighted by Crippen LogP contribution is -2.53. The number of amides is 2. The molecule has 0 radical (unpaired) electrons. The highest BCUT2D eigenvalue weighted by Gasteiger charge is 2.29. The van der Waals surface area contributed by atoms with Gasteiger partial charge in [-0.05, 0) is 38.0 Å². The van der Waals surface area contributed by atoms with E-state index in [2.05, 4.69) is 34.5 Å². The summed E-state index contributed by atoms with van der Waals surface area (Å²) >= 11 is 0. The fraction of sp³-hybridized carbons (Fsp3) is 0.588. The zero-order chi connectivity index (χ0) is 16.2. The Hall–Kier alpha value is -1.75. The SMILES string of the molecule is CN(C)c1ccc(CCNC(=O)N2CCOC(C)(C)C2)cc1. The Bertz CT molecular complexity index is 497. The minimum absolute atomic E-state index is 0.00119. The van der Waals surface area contributed by atoms with E-state index in [1.165, 1.54) is 11.3 Å². The molecule has 1 fully saturated rings. The molecule has 1 aliphatic rings. The first-order chi connectivity index (χ1) is 10.4. The van der Waals surface area contributed by atoms with Gasteiger partial charge in [-0.2, -0.15) is 0 Å². The topological polar surface area (TPSA) is 44.8 Å². The summed E-state index contributed by atoms with van der Waals surface area (Å²) in [5.74, 6) is 0. The summed E-state index contributed by atoms with van der Waals surface area (Å²) in [5, 5.41) is 3.00. The second-order valence-corrected chi connectivity index (χ2v) is 6.57. The predicted octanol–water partition coefficient (Wildman–Crippen LogP) is 2.12. The van der Waals surface area contributed by atoms with Crippen LogP contribution in [0.15, 0.2) is 24.3 Å². The van der Waals surface area contributed by atoms with E-state index in [0.29, 0.717) is 26.2 Å². The quantitative estimate of drug-likeness (QED) is 0.927. The first-order valence-corrected chi connectivity index (χ1v) is 7.80. The zero-order valence-corrected chi connectivity index (χ0v) is 14.1. The molecule has 0 atom stereocenters. The third kappa shape index (κ3) is 4.63. The van der Waals surface area contributed by atoms with Crippen LogP contribution in [0.5, 0.6) is 0 Å². The van der Waals surface area contributed by atoms with Crippen molar-refractivity contribution in [2.24, 2.45) is 0 Å². The van der Waals surface area contributed by atoms with Crippen LogP contribution in [0.25, 0.3) is 0 Å². The van der Waals surface area contributed by atoms with Crippen LogP contribution in [0, 0.1) is 0 Å². The Morgan fingerprint density at radius 2 is 2.00 bits per heavy atom. The first-order valence-electron chi connectivity index (χ1n) is 7.80. The molecule has 1 aliphatic heterocycles. The second-order valence-electron chi connectivity index (χ2n) is 6.57. The maximum Gasteiger partial charge on any atom is 0.317 e. The van der Waals surface area contributed by atoms with Crippen molar-refractivity contribution in [3.8, 4) is 0 Å². The molecule has 1 N–H and O–H groups in total. The van der Waals surface area contributed by atoms with Gasteiger partial charge in [-0.15, -0.1) is 0 Å². The zero-order valence-electron chi connectivity index (χ0n) is 14.1. The summed E-state index contributed by atoms with van der Waals surface area (Å²) in [4.78, 5) is 16.1. The highest BCUT2D eigenvalue weighted by molar-refractivity contribution is 5.74. The Morgan fingerprint density at radius 1 is 1.32 bits per heavy atom. The lowest BCUT2D eigenvalue weighted by Gasteiger charge is -2.38. The molecule has 5 heteroatoms. The van der Waals surface area contributed by atoms with Gasteiger partial charge in [0, 0.05) is 32.9 Å². The van der Waals surface area contributed by atoms with E-state index < -0.39 is 0 Å². The van der Waals surface area contributed by atoms with Crippen molar-refractivity contribution in [2.75, 3.05) is 45.2 Å². The molecular formula is C17H27N3O2. The summed E-state index contributed by atoms with van der Waals surface area (Å²) < 4.78 is 5.62. The normalized spacial score (nSPS) is 17.2. The predicted molar refractivity (Wildman–Crippen MR) is 89.5 cm³/mol. The van der Waals surface area contributed by atoms with E-state index in [9.17, 15) is 4.79 Å². The highest BCUT2D eigenvalue weighted by Crippen LogP contribution is 2.16. The number of rotatable bonds is 4. The van der Waals surface area contributed by atoms with Crippen LogP contribution >= 0.6 is 0 Å². The van der Waals surface area contributed by atoms with Gasteiger partial charge >= 0.3 is 6.03 Å². The summed E-state index contributed by atoms with van der Waals surface area (Å²) in [6, 6.07) is 8.42. The maximum absolute atomic E-state index is 12.2. The molecule has 0 saturated carbocycles. The van der Waals surface area contributed by atoms with Gasteiger partial charge in [0.2, 0.25) is 0 Å². The van der Waals surface area contributed by atoms with Crippen molar-refractivity contribution in [3.63, 3.8) is 0 Å². The lowest BCUT2D eigenvalue weighted by molar-refractivity contribution is -0.0733. The number of ether oxygens (including phenoxy) is 1. The van der Waals surface area contributed by atoms with Crippen LogP contribution in [0.3, 0.4) is 0 Å². The average Bonchev–Trinajstić information content (AvgIpc) is 2.46. The van der Waals surface area contributed by atoms with Gasteiger partial charge in [0.15, 0.2) is 0 Å². The minimum atomic E-state index is -0.252. The smallest absolute Gasteiger partial charge is 0.317 e. The molecule has 2 rings (SSSR count). The number of nitrogens with one attached hydrogen (secondary N) is 1. The van der Waals surface area contributed by atoms with E-state index in [-0.39, 0.29) is 11.6 Å². The third-order valence-corrected chi connectivity index (χ3v) is 3.86. The first kappa shape index (κ1) is 16.6. The van der Waals surface area contributed by atoms with Gasteiger partial charge in [-0.3, -0.25) is 0 Å². The van der Waals surface area contributed by atoms with E-state index in [0.717, 1.165) is 6.42 Å². The number of carbonyl (C=O) groups is 1. The van der Waals surface area contributed by atoms with Crippen molar-refractivity contribution < 1.29 is 9.53 Å². The van der Waals surface area contributed by atoms with Gasteiger partial charge < -0.3 is 19.9 Å². The molecule has 1 aromatic rings. The molecule has 122 valence electrons. The van der Waals surface area contributed by atoms with E-state index in [4.69, 9.17) is 4.74 Å². The molecule has 2 amide bonds. The average molecular weight is 305 g/mol. The number of morpholine rings is 1. The van der Waals surface area contributed by atoms with Crippen LogP contribution in [0.1, 0.15) is 19.4 Å². The van der Waals surface area contributed by atoms with Gasteiger partial charge in [-0.1, -0.05) is 12.1 Å². The Labute approximate surface area is 133 Å². The number of hydrogen-bond acceptors (Lipinski definition) is 3. The van der Waals surface area contributed by atoms with Gasteiger partial charge in [-0.25, -0.2) is 4.79 Å². The van der Waals surface area contributed by atoms with Crippen molar-refractivity contribution >= 4 is 11.7 Å². The van der Waals surface area contributed by atoms with E-state index >= 15 is 0 Å². The van der Waals surface area contributed by atoms with Crippen LogP contribution in [0.4, 0.5) is 10.5 Å². The molecule has 0 spiro atoms. The van der Waals surface area contributed by atoms with Crippen molar-refractivity contribution in [1.82, 2.24) is 10.2 Å². The van der Waals surface area contributed by atoms with Crippen LogP contribution in [-0.2, 0) is 11.2 Å². The number of urea groups is 1. The van der Waals surface area contributed by atoms with Crippen molar-refractivity contribution in [3.05, 3.63) is 29.8 Å².